The van der Waals surface area contributed by atoms with Crippen LogP contribution in [0.15, 0.2) is 23.1 Å². The second-order valence-electron chi connectivity index (χ2n) is 4.83. The van der Waals surface area contributed by atoms with Crippen LogP contribution in [0.3, 0.4) is 0 Å². The van der Waals surface area contributed by atoms with Crippen LogP contribution in [0.25, 0.3) is 5.82 Å². The van der Waals surface area contributed by atoms with E-state index in [9.17, 15) is 9.59 Å². The third-order valence-electron chi connectivity index (χ3n) is 3.32. The highest BCUT2D eigenvalue weighted by Crippen LogP contribution is 2.13. The fourth-order valence-corrected chi connectivity index (χ4v) is 1.96. The highest BCUT2D eigenvalue weighted by molar-refractivity contribution is 5.95. The monoisotopic (exact) mass is 289 g/mol. The van der Waals surface area contributed by atoms with E-state index in [0.29, 0.717) is 17.8 Å². The summed E-state index contributed by atoms with van der Waals surface area (Å²) in [6.45, 7) is 5.91. The summed E-state index contributed by atoms with van der Waals surface area (Å²) >= 11 is 0. The van der Waals surface area contributed by atoms with E-state index in [4.69, 9.17) is 0 Å². The molecule has 0 bridgehead atoms. The zero-order chi connectivity index (χ0) is 15.4. The van der Waals surface area contributed by atoms with Crippen molar-refractivity contribution < 1.29 is 4.79 Å². The van der Waals surface area contributed by atoms with Gasteiger partial charge in [-0.1, -0.05) is 13.8 Å². The minimum absolute atomic E-state index is 0.108. The van der Waals surface area contributed by atoms with Crippen molar-refractivity contribution in [3.63, 3.8) is 0 Å². The lowest BCUT2D eigenvalue weighted by Gasteiger charge is -2.11. The molecule has 112 valence electrons. The maximum absolute atomic E-state index is 12.2. The molecule has 2 rings (SSSR count). The number of carbonyl (C=O) groups excluding carboxylic acids is 1. The smallest absolute Gasteiger partial charge is 0.264 e. The first kappa shape index (κ1) is 15.0. The quantitative estimate of drug-likeness (QED) is 0.860. The van der Waals surface area contributed by atoms with Gasteiger partial charge in [0.25, 0.3) is 11.5 Å². The second kappa shape index (κ2) is 6.34. The van der Waals surface area contributed by atoms with Crippen molar-refractivity contribution in [2.75, 3.05) is 0 Å². The molecule has 0 aliphatic carbocycles. The molecule has 7 heteroatoms. The standard InChI is InChI=1S/C14H19N5O2/c1-4-9(3)16-14(21)10-8-15-19(11(10)5-2)12-6-7-13(20)18-17-12/h6-9H,4-5H2,1-3H3,(H,16,21)(H,18,20)/t9-/m1/s1. The highest BCUT2D eigenvalue weighted by atomic mass is 16.1. The molecule has 0 saturated carbocycles. The van der Waals surface area contributed by atoms with Gasteiger partial charge in [0.05, 0.1) is 17.5 Å². The number of aromatic amines is 1. The number of nitrogens with zero attached hydrogens (tertiary/aromatic N) is 3. The minimum Gasteiger partial charge on any atom is -0.349 e. The molecular formula is C14H19N5O2. The Morgan fingerprint density at radius 2 is 2.19 bits per heavy atom. The van der Waals surface area contributed by atoms with Crippen molar-refractivity contribution in [3.05, 3.63) is 39.9 Å². The number of carbonyl (C=O) groups is 1. The Hall–Kier alpha value is -2.44. The number of H-pyrrole nitrogens is 1. The Kier molecular flexibility index (Phi) is 4.52. The molecule has 0 aromatic carbocycles. The highest BCUT2D eigenvalue weighted by Gasteiger charge is 2.18. The second-order valence-corrected chi connectivity index (χ2v) is 4.83. The number of rotatable bonds is 5. The fourth-order valence-electron chi connectivity index (χ4n) is 1.96. The van der Waals surface area contributed by atoms with Crippen molar-refractivity contribution >= 4 is 5.91 Å². The summed E-state index contributed by atoms with van der Waals surface area (Å²) in [5, 5.41) is 13.4. The lowest BCUT2D eigenvalue weighted by molar-refractivity contribution is 0.0938. The van der Waals surface area contributed by atoms with Gasteiger partial charge in [0.15, 0.2) is 5.82 Å². The Morgan fingerprint density at radius 3 is 2.76 bits per heavy atom. The van der Waals surface area contributed by atoms with E-state index in [1.807, 2.05) is 20.8 Å². The molecule has 0 spiro atoms. The van der Waals surface area contributed by atoms with Gasteiger partial charge < -0.3 is 5.32 Å². The van der Waals surface area contributed by atoms with Crippen LogP contribution in [0.2, 0.25) is 0 Å². The zero-order valence-electron chi connectivity index (χ0n) is 12.4. The van der Waals surface area contributed by atoms with Gasteiger partial charge >= 0.3 is 0 Å². The van der Waals surface area contributed by atoms with Crippen molar-refractivity contribution in [3.8, 4) is 5.82 Å². The summed E-state index contributed by atoms with van der Waals surface area (Å²) in [5.41, 5.74) is 1.01. The topological polar surface area (TPSA) is 92.7 Å². The number of nitrogens with one attached hydrogen (secondary N) is 2. The first-order valence-electron chi connectivity index (χ1n) is 7.00. The first-order chi connectivity index (χ1) is 10.1. The molecule has 2 aromatic rings. The van der Waals surface area contributed by atoms with Gasteiger partial charge in [-0.2, -0.15) is 10.2 Å². The molecule has 1 amide bonds. The third kappa shape index (κ3) is 3.18. The van der Waals surface area contributed by atoms with Crippen LogP contribution in [0.5, 0.6) is 0 Å². The summed E-state index contributed by atoms with van der Waals surface area (Å²) < 4.78 is 1.57. The predicted molar refractivity (Wildman–Crippen MR) is 78.6 cm³/mol. The molecule has 2 heterocycles. The molecule has 0 fully saturated rings. The molecule has 0 aliphatic rings. The van der Waals surface area contributed by atoms with Crippen LogP contribution < -0.4 is 10.9 Å². The summed E-state index contributed by atoms with van der Waals surface area (Å²) in [7, 11) is 0. The van der Waals surface area contributed by atoms with E-state index in [2.05, 4.69) is 20.6 Å². The lowest BCUT2D eigenvalue weighted by Crippen LogP contribution is -2.32. The van der Waals surface area contributed by atoms with E-state index in [-0.39, 0.29) is 17.5 Å². The number of aromatic nitrogens is 4. The van der Waals surface area contributed by atoms with Crippen LogP contribution in [-0.4, -0.2) is 31.9 Å². The Balaban J connectivity index is 2.36. The van der Waals surface area contributed by atoms with Gasteiger partial charge in [0.1, 0.15) is 0 Å². The normalized spacial score (nSPS) is 12.1. The predicted octanol–water partition coefficient (Wildman–Crippen LogP) is 1.05. The number of hydrogen-bond donors (Lipinski definition) is 2. The zero-order valence-corrected chi connectivity index (χ0v) is 12.4. The maximum Gasteiger partial charge on any atom is 0.264 e. The largest absolute Gasteiger partial charge is 0.349 e. The van der Waals surface area contributed by atoms with E-state index in [1.165, 1.54) is 12.3 Å². The summed E-state index contributed by atoms with van der Waals surface area (Å²) in [5.74, 6) is 0.339. The molecule has 2 N–H and O–H groups in total. The molecule has 0 radical (unpaired) electrons. The molecule has 0 saturated heterocycles. The summed E-state index contributed by atoms with van der Waals surface area (Å²) in [6, 6.07) is 3.06. The average Bonchev–Trinajstić information content (AvgIpc) is 2.91. The Morgan fingerprint density at radius 1 is 1.43 bits per heavy atom. The van der Waals surface area contributed by atoms with E-state index in [1.54, 1.807) is 10.7 Å². The average molecular weight is 289 g/mol. The van der Waals surface area contributed by atoms with Crippen molar-refractivity contribution in [1.29, 1.82) is 0 Å². The summed E-state index contributed by atoms with van der Waals surface area (Å²) in [4.78, 5) is 23.3. The van der Waals surface area contributed by atoms with Crippen LogP contribution in [0, 0.1) is 0 Å². The first-order valence-corrected chi connectivity index (χ1v) is 7.00. The third-order valence-corrected chi connectivity index (χ3v) is 3.32. The van der Waals surface area contributed by atoms with Crippen molar-refractivity contribution in [2.45, 2.75) is 39.7 Å². The molecule has 1 atom stereocenters. The van der Waals surface area contributed by atoms with Gasteiger partial charge in [-0.15, -0.1) is 0 Å². The van der Waals surface area contributed by atoms with Crippen molar-refractivity contribution in [1.82, 2.24) is 25.3 Å². The van der Waals surface area contributed by atoms with Gasteiger partial charge in [-0.25, -0.2) is 9.78 Å². The maximum atomic E-state index is 12.2. The van der Waals surface area contributed by atoms with Crippen LogP contribution in [0.4, 0.5) is 0 Å². The molecule has 0 unspecified atom stereocenters. The minimum atomic E-state index is -0.279. The SMILES string of the molecule is CCc1c(C(=O)N[C@H](C)CC)cnn1-c1ccc(=O)[nH]n1. The Labute approximate surface area is 122 Å². The van der Waals surface area contributed by atoms with Gasteiger partial charge in [0, 0.05) is 12.1 Å². The molecule has 2 aromatic heterocycles. The van der Waals surface area contributed by atoms with E-state index in [0.717, 1.165) is 12.1 Å². The molecule has 21 heavy (non-hydrogen) atoms. The number of amides is 1. The molecular weight excluding hydrogens is 270 g/mol. The van der Waals surface area contributed by atoms with Gasteiger partial charge in [-0.05, 0) is 25.8 Å². The van der Waals surface area contributed by atoms with E-state index >= 15 is 0 Å². The van der Waals surface area contributed by atoms with Crippen LogP contribution >= 0.6 is 0 Å². The van der Waals surface area contributed by atoms with Crippen molar-refractivity contribution in [2.24, 2.45) is 0 Å². The van der Waals surface area contributed by atoms with Crippen LogP contribution in [-0.2, 0) is 6.42 Å². The fraction of sp³-hybridized carbons (Fsp3) is 0.429. The van der Waals surface area contributed by atoms with Crippen LogP contribution in [0.1, 0.15) is 43.2 Å². The molecule has 7 nitrogen and oxygen atoms in total. The Bertz CT molecular complexity index is 668. The van der Waals surface area contributed by atoms with Gasteiger partial charge in [0.2, 0.25) is 0 Å². The van der Waals surface area contributed by atoms with Gasteiger partial charge in [-0.3, -0.25) is 9.59 Å². The summed E-state index contributed by atoms with van der Waals surface area (Å²) in [6.07, 6.45) is 3.02. The molecule has 0 aliphatic heterocycles. The number of hydrogen-bond acceptors (Lipinski definition) is 4. The van der Waals surface area contributed by atoms with E-state index < -0.39 is 0 Å². The lowest BCUT2D eigenvalue weighted by atomic mass is 10.1.